The molecule has 2 heterocycles. The zero-order valence-corrected chi connectivity index (χ0v) is 42.6. The van der Waals surface area contributed by atoms with Crippen LogP contribution in [0.5, 0.6) is 11.5 Å². The first-order valence-corrected chi connectivity index (χ1v) is 28.4. The van der Waals surface area contributed by atoms with E-state index >= 15 is 0 Å². The van der Waals surface area contributed by atoms with Gasteiger partial charge in [-0.2, -0.15) is 0 Å². The lowest BCUT2D eigenvalue weighted by molar-refractivity contribution is 0.243. The number of benzene rings is 10. The van der Waals surface area contributed by atoms with Crippen molar-refractivity contribution < 1.29 is 27.0 Å². The highest BCUT2D eigenvalue weighted by atomic mass is 35.5. The van der Waals surface area contributed by atoms with Gasteiger partial charge in [0.05, 0.1) is 12.1 Å². The molecule has 360 valence electrons. The van der Waals surface area contributed by atoms with Crippen molar-refractivity contribution in [3.63, 3.8) is 0 Å². The van der Waals surface area contributed by atoms with Gasteiger partial charge in [-0.25, -0.2) is 18.1 Å². The summed E-state index contributed by atoms with van der Waals surface area (Å²) in [7, 11) is -7.09. The zero-order valence-electron chi connectivity index (χ0n) is 39.3. The Kier molecular flexibility index (Phi) is 13.0. The van der Waals surface area contributed by atoms with Crippen molar-refractivity contribution in [3.05, 3.63) is 251 Å². The number of hydrogen-bond donors (Lipinski definition) is 0. The van der Waals surface area contributed by atoms with E-state index < -0.39 is 27.1 Å². The van der Waals surface area contributed by atoms with Crippen LogP contribution in [0.3, 0.4) is 0 Å². The Bertz CT molecular complexity index is 3510. The van der Waals surface area contributed by atoms with Crippen LogP contribution in [0.25, 0.3) is 43.1 Å². The summed E-state index contributed by atoms with van der Waals surface area (Å²) in [5.41, 5.74) is 5.17. The summed E-state index contributed by atoms with van der Waals surface area (Å²) in [6.07, 6.45) is 0. The molecule has 0 saturated heterocycles. The number of alkyl halides is 2. The first-order chi connectivity index (χ1) is 35.0. The molecule has 2 aliphatic heterocycles. The normalized spacial score (nSPS) is 20.7. The van der Waals surface area contributed by atoms with E-state index in [9.17, 15) is 17.9 Å². The number of hydrogen-bond acceptors (Lipinski definition) is 4. The van der Waals surface area contributed by atoms with E-state index in [-0.39, 0.29) is 35.0 Å². The van der Waals surface area contributed by atoms with Crippen LogP contribution in [-0.2, 0) is 9.13 Å². The summed E-state index contributed by atoms with van der Waals surface area (Å²) in [6.45, 7) is 4.08. The minimum atomic E-state index is -3.54. The van der Waals surface area contributed by atoms with Crippen molar-refractivity contribution in [2.75, 3.05) is 11.2 Å². The molecule has 0 spiro atoms. The smallest absolute Gasteiger partial charge is 0.335 e. The molecule has 6 nitrogen and oxygen atoms in total. The Balaban J connectivity index is 0.000000156. The Hall–Kier alpha value is -6.34. The van der Waals surface area contributed by atoms with Crippen molar-refractivity contribution in [3.8, 4) is 11.5 Å². The standard InChI is InChI=1S/2C30H24ClFNO2P/c2*1-20(25-12-6-9-21-7-2-4-10-26(21)25)33-30(23-13-16-24(32)17-14-23)29-27-11-5-3-8-22(27)15-18-28(29)35-36(33,34)19-31/h2*2-18,20,30H,19H2,1H3/t2*20-,30-,36-/m00/s1. The van der Waals surface area contributed by atoms with E-state index in [1.165, 1.54) is 24.3 Å². The van der Waals surface area contributed by atoms with Gasteiger partial charge in [0, 0.05) is 23.2 Å². The molecule has 0 N–H and O–H groups in total. The van der Waals surface area contributed by atoms with Gasteiger partial charge in [-0.15, -0.1) is 23.2 Å². The zero-order chi connectivity index (χ0) is 49.7. The lowest BCUT2D eigenvalue weighted by atomic mass is 9.91. The Labute approximate surface area is 427 Å². The topological polar surface area (TPSA) is 59.1 Å². The average Bonchev–Trinajstić information content (AvgIpc) is 3.42. The second-order valence-electron chi connectivity index (χ2n) is 18.3. The number of nitrogens with zero attached hydrogens (tertiary/aromatic N) is 2. The maximum Gasteiger partial charge on any atom is 0.335 e. The van der Waals surface area contributed by atoms with Crippen molar-refractivity contribution >= 4 is 81.3 Å². The molecule has 72 heavy (non-hydrogen) atoms. The van der Waals surface area contributed by atoms with Crippen molar-refractivity contribution in [1.82, 2.24) is 9.34 Å². The van der Waals surface area contributed by atoms with Crippen LogP contribution in [0, 0.1) is 11.6 Å². The average molecular weight is 1030 g/mol. The summed E-state index contributed by atoms with van der Waals surface area (Å²) in [5, 5.41) is 8.46. The van der Waals surface area contributed by atoms with Crippen LogP contribution < -0.4 is 9.05 Å². The van der Waals surface area contributed by atoms with Crippen LogP contribution in [0.2, 0.25) is 0 Å². The summed E-state index contributed by atoms with van der Waals surface area (Å²) >= 11 is 12.9. The first-order valence-electron chi connectivity index (χ1n) is 23.8. The van der Waals surface area contributed by atoms with Crippen molar-refractivity contribution in [2.24, 2.45) is 0 Å². The number of halogens is 4. The lowest BCUT2D eigenvalue weighted by Gasteiger charge is -2.45. The van der Waals surface area contributed by atoms with Gasteiger partial charge in [0.2, 0.25) is 0 Å². The van der Waals surface area contributed by atoms with Crippen molar-refractivity contribution in [1.29, 1.82) is 0 Å². The monoisotopic (exact) mass is 1030 g/mol. The molecular formula is C60H48Cl2F2N2O4P2. The van der Waals surface area contributed by atoms with E-state index in [4.69, 9.17) is 32.2 Å². The molecule has 0 amide bonds. The summed E-state index contributed by atoms with van der Waals surface area (Å²) in [4.78, 5) is 0. The number of rotatable bonds is 8. The van der Waals surface area contributed by atoms with Crippen molar-refractivity contribution in [2.45, 2.75) is 38.0 Å². The fourth-order valence-corrected chi connectivity index (χ4v) is 15.9. The molecule has 0 radical (unpaired) electrons. The predicted octanol–water partition coefficient (Wildman–Crippen LogP) is 18.1. The summed E-state index contributed by atoms with van der Waals surface area (Å²) in [5.74, 6) is 0.456. The SMILES string of the molecule is C[C@@H](c1cccc2ccccc12)N1[C@@H](c2ccc(F)cc2)c2c(ccc3ccccc23)O[P@@]1(=O)CCl.C[C@@H](c1cccc2ccccc12)N1[C@@H](c2ccc(F)cc2)c2c(ccc3ccccc23)O[P@@]1(=O)CCl. The molecular weight excluding hydrogens is 984 g/mol. The van der Waals surface area contributed by atoms with Gasteiger partial charge in [0.15, 0.2) is 0 Å². The van der Waals surface area contributed by atoms with Crippen LogP contribution in [0.15, 0.2) is 206 Å². The maximum absolute atomic E-state index is 14.5. The molecule has 10 aromatic rings. The van der Waals surface area contributed by atoms with Gasteiger partial charge >= 0.3 is 15.0 Å². The quantitative estimate of drug-likeness (QED) is 0.112. The predicted molar refractivity (Wildman–Crippen MR) is 291 cm³/mol. The van der Waals surface area contributed by atoms with E-state index in [0.29, 0.717) is 11.5 Å². The molecule has 0 fully saturated rings. The van der Waals surface area contributed by atoms with Gasteiger partial charge in [-0.1, -0.05) is 170 Å². The van der Waals surface area contributed by atoms with Gasteiger partial charge in [0.25, 0.3) is 0 Å². The van der Waals surface area contributed by atoms with Gasteiger partial charge in [-0.05, 0) is 116 Å². The lowest BCUT2D eigenvalue weighted by Crippen LogP contribution is -2.35. The molecule has 0 bridgehead atoms. The fraction of sp³-hybridized carbons (Fsp3) is 0.133. The fourth-order valence-electron chi connectivity index (χ4n) is 10.9. The molecule has 12 heteroatoms. The van der Waals surface area contributed by atoms with Crippen LogP contribution in [-0.4, -0.2) is 20.6 Å². The van der Waals surface area contributed by atoms with Gasteiger partial charge < -0.3 is 9.05 Å². The van der Waals surface area contributed by atoms with E-state index in [0.717, 1.165) is 76.5 Å². The first kappa shape index (κ1) is 48.0. The summed E-state index contributed by atoms with van der Waals surface area (Å²) in [6, 6.07) is 63.7. The van der Waals surface area contributed by atoms with Gasteiger partial charge in [0.1, 0.15) is 34.4 Å². The summed E-state index contributed by atoms with van der Waals surface area (Å²) < 4.78 is 73.5. The van der Waals surface area contributed by atoms with E-state index in [1.807, 2.05) is 132 Å². The third-order valence-corrected chi connectivity index (χ3v) is 20.1. The molecule has 6 atom stereocenters. The molecule has 2 aliphatic rings. The highest BCUT2D eigenvalue weighted by molar-refractivity contribution is 7.59. The van der Waals surface area contributed by atoms with Crippen LogP contribution in [0.4, 0.5) is 8.78 Å². The molecule has 10 aromatic carbocycles. The minimum absolute atomic E-state index is 0.175. The largest absolute Gasteiger partial charge is 0.431 e. The maximum atomic E-state index is 14.5. The number of fused-ring (bicyclic) bond motifs is 8. The van der Waals surface area contributed by atoms with E-state index in [2.05, 4.69) is 48.5 Å². The third kappa shape index (κ3) is 8.48. The van der Waals surface area contributed by atoms with Crippen LogP contribution >= 0.6 is 38.2 Å². The van der Waals surface area contributed by atoms with Crippen LogP contribution in [0.1, 0.15) is 71.4 Å². The highest BCUT2D eigenvalue weighted by Crippen LogP contribution is 2.67. The second-order valence-corrected chi connectivity index (χ2v) is 24.0. The molecule has 0 aromatic heterocycles. The molecule has 0 aliphatic carbocycles. The Morgan fingerprint density at radius 1 is 0.431 bits per heavy atom. The van der Waals surface area contributed by atoms with Gasteiger partial charge in [-0.3, -0.25) is 9.13 Å². The molecule has 12 rings (SSSR count). The van der Waals surface area contributed by atoms with E-state index in [1.54, 1.807) is 24.3 Å². The highest BCUT2D eigenvalue weighted by Gasteiger charge is 2.50. The molecule has 0 saturated carbocycles. The Morgan fingerprint density at radius 2 is 0.750 bits per heavy atom. The minimum Gasteiger partial charge on any atom is -0.431 e. The third-order valence-electron chi connectivity index (χ3n) is 14.1. The molecule has 0 unspecified atom stereocenters. The Morgan fingerprint density at radius 3 is 1.11 bits per heavy atom. The second kappa shape index (κ2) is 19.6.